The van der Waals surface area contributed by atoms with E-state index in [0.29, 0.717) is 6.42 Å². The van der Waals surface area contributed by atoms with Crippen molar-refractivity contribution in [1.82, 2.24) is 4.84 Å². The molecule has 0 aromatic heterocycles. The molecule has 0 aliphatic carbocycles. The molecule has 0 heterocycles. The van der Waals surface area contributed by atoms with Crippen LogP contribution in [0, 0.1) is 0 Å². The molecule has 0 saturated carbocycles. The first kappa shape index (κ1) is 19.1. The van der Waals surface area contributed by atoms with Gasteiger partial charge in [-0.1, -0.05) is 30.3 Å². The van der Waals surface area contributed by atoms with E-state index in [4.69, 9.17) is 25.7 Å². The highest BCUT2D eigenvalue weighted by Crippen LogP contribution is 2.03. The molecule has 2 N–H and O–H groups in total. The predicted molar refractivity (Wildman–Crippen MR) is 82.4 cm³/mol. The molecule has 7 heteroatoms. The van der Waals surface area contributed by atoms with E-state index in [0.717, 1.165) is 18.8 Å². The fourth-order valence-corrected chi connectivity index (χ4v) is 1.87. The summed E-state index contributed by atoms with van der Waals surface area (Å²) in [5.41, 5.74) is 0.947. The van der Waals surface area contributed by atoms with E-state index in [1.807, 2.05) is 44.2 Å². The highest BCUT2D eigenvalue weighted by Gasteiger charge is 2.15. The topological polar surface area (TPSA) is 67.8 Å². The predicted octanol–water partition coefficient (Wildman–Crippen LogP) is 1.48. The Morgan fingerprint density at radius 3 is 2.25 bits per heavy atom. The van der Waals surface area contributed by atoms with Crippen LogP contribution in [0.1, 0.15) is 19.4 Å². The fraction of sp³-hybridized carbons (Fsp3) is 0.462. The molecule has 0 amide bonds. The highest BCUT2D eigenvalue weighted by molar-refractivity contribution is 6.17. The molecule has 1 aromatic carbocycles. The molecule has 1 aromatic rings. The van der Waals surface area contributed by atoms with Gasteiger partial charge in [-0.2, -0.15) is 0 Å². The number of hydrogen-bond acceptors (Lipinski definition) is 4. The second-order valence-electron chi connectivity index (χ2n) is 3.79. The van der Waals surface area contributed by atoms with Gasteiger partial charge in [-0.25, -0.2) is 4.84 Å². The zero-order valence-corrected chi connectivity index (χ0v) is 14.0. The van der Waals surface area contributed by atoms with E-state index in [9.17, 15) is 4.79 Å². The van der Waals surface area contributed by atoms with Crippen LogP contribution in [0.2, 0.25) is 0 Å². The molecule has 0 aliphatic rings. The number of benzene rings is 1. The molecular weight excluding hydrogens is 298 g/mol. The van der Waals surface area contributed by atoms with Crippen LogP contribution in [0.3, 0.4) is 0 Å². The summed E-state index contributed by atoms with van der Waals surface area (Å²) < 4.78 is 9.98. The van der Waals surface area contributed by atoms with E-state index >= 15 is 0 Å². The van der Waals surface area contributed by atoms with E-state index in [1.165, 1.54) is 0 Å². The highest BCUT2D eigenvalue weighted by atomic mass is 35.5. The van der Waals surface area contributed by atoms with Crippen LogP contribution >= 0.6 is 11.8 Å². The summed E-state index contributed by atoms with van der Waals surface area (Å²) in [7, 11) is -0.589. The summed E-state index contributed by atoms with van der Waals surface area (Å²) in [6, 6.07) is 8.61. The van der Waals surface area contributed by atoms with Gasteiger partial charge in [0.25, 0.3) is 0 Å². The fourth-order valence-electron chi connectivity index (χ4n) is 1.25. The van der Waals surface area contributed by atoms with Crippen LogP contribution in [-0.2, 0) is 20.1 Å². The van der Waals surface area contributed by atoms with Crippen molar-refractivity contribution in [2.24, 2.45) is 0 Å². The Labute approximate surface area is 127 Å². The standard InChI is InChI=1S/C9H10ClNO2.C4H12O2Si/c10-11-8(9(12)13)6-7-4-2-1-3-5-7;1-3-5-7-6-4-2/h1-5,8,11H,6H2,(H,12,13);3-4,7H2,1-2H3/t8-;/m0./s1. The zero-order chi connectivity index (χ0) is 15.2. The smallest absolute Gasteiger partial charge is 0.322 e. The molecule has 20 heavy (non-hydrogen) atoms. The van der Waals surface area contributed by atoms with Gasteiger partial charge in [0, 0.05) is 13.2 Å². The molecule has 5 nitrogen and oxygen atoms in total. The third-order valence-corrected chi connectivity index (χ3v) is 3.70. The maximum Gasteiger partial charge on any atom is 0.322 e. The molecule has 0 saturated heterocycles. The minimum absolute atomic E-state index is 0.389. The SMILES string of the molecule is CCO[SiH2]OCC.O=C(O)[C@H](Cc1ccccc1)NCl. The lowest BCUT2D eigenvalue weighted by atomic mass is 10.1. The Hall–Kier alpha value is -0.923. The minimum atomic E-state index is -0.946. The first-order valence-corrected chi connectivity index (χ1v) is 7.97. The Kier molecular flexibility index (Phi) is 12.5. The number of hydrogen-bond donors (Lipinski definition) is 2. The second-order valence-corrected chi connectivity index (χ2v) is 5.06. The Morgan fingerprint density at radius 1 is 1.30 bits per heavy atom. The first-order valence-electron chi connectivity index (χ1n) is 6.44. The Bertz CT molecular complexity index is 349. The van der Waals surface area contributed by atoms with Gasteiger partial charge in [0.2, 0.25) is 0 Å². The van der Waals surface area contributed by atoms with Crippen molar-refractivity contribution in [3.8, 4) is 0 Å². The summed E-state index contributed by atoms with van der Waals surface area (Å²) in [4.78, 5) is 12.8. The number of halogens is 1. The Balaban J connectivity index is 0.000000441. The number of aliphatic carboxylic acids is 1. The van der Waals surface area contributed by atoms with Crippen LogP contribution in [0.5, 0.6) is 0 Å². The summed E-state index contributed by atoms with van der Waals surface area (Å²) >= 11 is 5.28. The largest absolute Gasteiger partial charge is 0.480 e. The third-order valence-electron chi connectivity index (χ3n) is 2.29. The van der Waals surface area contributed by atoms with Gasteiger partial charge in [-0.3, -0.25) is 4.79 Å². The van der Waals surface area contributed by atoms with Gasteiger partial charge in [-0.15, -0.1) is 0 Å². The average Bonchev–Trinajstić information content (AvgIpc) is 2.47. The van der Waals surface area contributed by atoms with Crippen molar-refractivity contribution in [3.63, 3.8) is 0 Å². The van der Waals surface area contributed by atoms with Crippen molar-refractivity contribution < 1.29 is 18.8 Å². The maximum atomic E-state index is 10.6. The van der Waals surface area contributed by atoms with Gasteiger partial charge >= 0.3 is 16.0 Å². The van der Waals surface area contributed by atoms with Crippen molar-refractivity contribution >= 4 is 27.8 Å². The van der Waals surface area contributed by atoms with Crippen LogP contribution in [0.25, 0.3) is 0 Å². The lowest BCUT2D eigenvalue weighted by Gasteiger charge is -2.08. The Morgan fingerprint density at radius 2 is 1.85 bits per heavy atom. The van der Waals surface area contributed by atoms with Crippen LogP contribution in [0.4, 0.5) is 0 Å². The lowest BCUT2D eigenvalue weighted by Crippen LogP contribution is -2.32. The third kappa shape index (κ3) is 9.94. The maximum absolute atomic E-state index is 10.6. The van der Waals surface area contributed by atoms with Gasteiger partial charge < -0.3 is 14.0 Å². The van der Waals surface area contributed by atoms with Gasteiger partial charge in [0.1, 0.15) is 6.04 Å². The van der Waals surface area contributed by atoms with Crippen LogP contribution < -0.4 is 4.84 Å². The van der Waals surface area contributed by atoms with Crippen LogP contribution in [-0.4, -0.2) is 40.3 Å². The van der Waals surface area contributed by atoms with Crippen LogP contribution in [0.15, 0.2) is 30.3 Å². The number of carbonyl (C=O) groups is 1. The van der Waals surface area contributed by atoms with Crippen molar-refractivity contribution in [3.05, 3.63) is 35.9 Å². The van der Waals surface area contributed by atoms with E-state index in [2.05, 4.69) is 4.84 Å². The molecule has 0 bridgehead atoms. The first-order chi connectivity index (χ1) is 9.65. The molecule has 1 rings (SSSR count). The van der Waals surface area contributed by atoms with E-state index < -0.39 is 22.0 Å². The van der Waals surface area contributed by atoms with E-state index in [1.54, 1.807) is 0 Å². The molecule has 0 unspecified atom stereocenters. The molecule has 0 aliphatic heterocycles. The summed E-state index contributed by atoms with van der Waals surface area (Å²) in [6.07, 6.45) is 0.389. The normalized spacial score (nSPS) is 11.3. The molecular formula is C13H22ClNO4Si. The summed E-state index contributed by atoms with van der Waals surface area (Å²) in [6.45, 7) is 5.55. The monoisotopic (exact) mass is 319 g/mol. The number of carboxylic acid groups (broad SMARTS) is 1. The van der Waals surface area contributed by atoms with Crippen molar-refractivity contribution in [1.29, 1.82) is 0 Å². The average molecular weight is 320 g/mol. The van der Waals surface area contributed by atoms with Gasteiger partial charge in [0.05, 0.1) is 0 Å². The zero-order valence-electron chi connectivity index (χ0n) is 11.8. The lowest BCUT2D eigenvalue weighted by molar-refractivity contribution is -0.138. The minimum Gasteiger partial charge on any atom is -0.480 e. The summed E-state index contributed by atoms with van der Waals surface area (Å²) in [5.74, 6) is -0.946. The van der Waals surface area contributed by atoms with Gasteiger partial charge in [-0.05, 0) is 37.6 Å². The number of nitrogens with one attached hydrogen (secondary N) is 1. The van der Waals surface area contributed by atoms with Crippen molar-refractivity contribution in [2.45, 2.75) is 26.3 Å². The second kappa shape index (κ2) is 13.1. The number of carboxylic acids is 1. The molecule has 0 spiro atoms. The summed E-state index contributed by atoms with van der Waals surface area (Å²) in [5, 5.41) is 8.69. The quantitative estimate of drug-likeness (QED) is 0.431. The molecule has 0 radical (unpaired) electrons. The molecule has 0 fully saturated rings. The molecule has 1 atom stereocenters. The number of rotatable bonds is 8. The van der Waals surface area contributed by atoms with E-state index in [-0.39, 0.29) is 0 Å². The van der Waals surface area contributed by atoms with Gasteiger partial charge in [0.15, 0.2) is 0 Å². The van der Waals surface area contributed by atoms with Crippen molar-refractivity contribution in [2.75, 3.05) is 13.2 Å². The molecule has 114 valence electrons.